The number of imidazole rings is 2. The van der Waals surface area contributed by atoms with Crippen LogP contribution in [-0.2, 0) is 32.2 Å². The molecule has 10 N–H and O–H groups in total. The van der Waals surface area contributed by atoms with E-state index in [-0.39, 0.29) is 34.1 Å². The molecule has 0 aliphatic carbocycles. The lowest BCUT2D eigenvalue weighted by Crippen LogP contribution is -2.36. The highest BCUT2D eigenvalue weighted by Gasteiger charge is 2.51. The molecule has 0 aromatic carbocycles. The highest BCUT2D eigenvalue weighted by atomic mass is 31.2. The van der Waals surface area contributed by atoms with Crippen molar-refractivity contribution in [2.75, 3.05) is 24.7 Å². The average molecular weight is 676 g/mol. The van der Waals surface area contributed by atoms with Crippen LogP contribution in [0.15, 0.2) is 23.8 Å². The maximum Gasteiger partial charge on any atom is 0.472 e. The van der Waals surface area contributed by atoms with Gasteiger partial charge < -0.3 is 50.6 Å². The second-order valence-corrected chi connectivity index (χ2v) is 12.1. The lowest BCUT2D eigenvalue weighted by atomic mass is 10.1. The number of nitrogens with two attached hydrogens (primary N) is 2. The summed E-state index contributed by atoms with van der Waals surface area (Å²) in [4.78, 5) is 54.1. The van der Waals surface area contributed by atoms with Crippen LogP contribution in [0.25, 0.3) is 22.3 Å². The van der Waals surface area contributed by atoms with Crippen molar-refractivity contribution < 1.29 is 57.3 Å². The van der Waals surface area contributed by atoms with E-state index >= 15 is 0 Å². The molecule has 4 aromatic rings. The molecule has 244 valence electrons. The van der Waals surface area contributed by atoms with Gasteiger partial charge in [0, 0.05) is 0 Å². The van der Waals surface area contributed by atoms with E-state index in [1.807, 2.05) is 0 Å². The van der Waals surface area contributed by atoms with Gasteiger partial charge in [-0.15, -0.1) is 0 Å². The minimum absolute atomic E-state index is 0.0655. The molecular weight excluding hydrogens is 650 g/mol. The van der Waals surface area contributed by atoms with Gasteiger partial charge in [-0.2, -0.15) is 4.98 Å². The summed E-state index contributed by atoms with van der Waals surface area (Å²) in [5, 5.41) is 32.2. The Hall–Kier alpha value is -3.44. The third-order valence-electron chi connectivity index (χ3n) is 7.06. The summed E-state index contributed by atoms with van der Waals surface area (Å²) >= 11 is 0. The molecule has 0 amide bonds. The number of fused-ring (bicyclic) bond motifs is 2. The lowest BCUT2D eigenvalue weighted by molar-refractivity contribution is -0.0609. The van der Waals surface area contributed by atoms with Crippen molar-refractivity contribution in [1.82, 2.24) is 39.0 Å². The Balaban J connectivity index is 1.20. The maximum absolute atomic E-state index is 13.1. The van der Waals surface area contributed by atoms with Crippen molar-refractivity contribution in [3.8, 4) is 0 Å². The first-order valence-electron chi connectivity index (χ1n) is 12.9. The Morgan fingerprint density at radius 1 is 0.956 bits per heavy atom. The van der Waals surface area contributed by atoms with Crippen molar-refractivity contribution in [2.24, 2.45) is 0 Å². The van der Waals surface area contributed by atoms with Crippen molar-refractivity contribution in [1.29, 1.82) is 0 Å². The largest absolute Gasteiger partial charge is 0.472 e. The molecule has 25 heteroatoms. The number of rotatable bonds is 10. The summed E-state index contributed by atoms with van der Waals surface area (Å²) in [5.74, 6) is -0.230. The second-order valence-electron chi connectivity index (χ2n) is 9.87. The standard InChI is InChI=1S/C20H26N10O13P2/c21-14-8-15(24-3-23-14)29(4-25-8)18-12(33)10(31)7(41-18)2-40-45(37,38)43-13-11(32)6(1-39-44(35)36)42-19(13)30-5-26-9-16(30)27-20(22)28-17(9)34/h3-7,10-13,18-19,31-33,44H,1-2H2,(H,35,36)(H,37,38)(H2,21,23,24)(H3,22,27,28,34)/t6-,7-,10?,11?,12?,13?,18-,19-/m1/s1. The van der Waals surface area contributed by atoms with E-state index in [0.29, 0.717) is 0 Å². The number of phosphoric acid groups is 1. The van der Waals surface area contributed by atoms with Gasteiger partial charge in [0.15, 0.2) is 35.1 Å². The Labute approximate surface area is 249 Å². The highest BCUT2D eigenvalue weighted by molar-refractivity contribution is 7.47. The van der Waals surface area contributed by atoms with Gasteiger partial charge in [-0.3, -0.25) is 32.5 Å². The highest BCUT2D eigenvalue weighted by Crippen LogP contribution is 2.50. The first-order chi connectivity index (χ1) is 21.3. The summed E-state index contributed by atoms with van der Waals surface area (Å²) in [7, 11) is -8.60. The molecule has 10 atom stereocenters. The molecule has 0 bridgehead atoms. The van der Waals surface area contributed by atoms with Gasteiger partial charge in [-0.25, -0.2) is 24.5 Å². The van der Waals surface area contributed by atoms with Crippen molar-refractivity contribution >= 4 is 50.2 Å². The van der Waals surface area contributed by atoms with Gasteiger partial charge in [-0.05, 0) is 0 Å². The van der Waals surface area contributed by atoms with E-state index in [4.69, 9.17) is 34.9 Å². The molecule has 2 saturated heterocycles. The number of ether oxygens (including phenoxy) is 2. The van der Waals surface area contributed by atoms with E-state index in [1.165, 1.54) is 17.2 Å². The first-order valence-corrected chi connectivity index (χ1v) is 15.6. The van der Waals surface area contributed by atoms with Gasteiger partial charge in [0.25, 0.3) is 5.56 Å². The predicted octanol–water partition coefficient (Wildman–Crippen LogP) is -3.10. The van der Waals surface area contributed by atoms with Crippen LogP contribution in [0.5, 0.6) is 0 Å². The van der Waals surface area contributed by atoms with Crippen LogP contribution < -0.4 is 17.0 Å². The number of phosphoric ester groups is 1. The third kappa shape index (κ3) is 5.96. The van der Waals surface area contributed by atoms with Gasteiger partial charge >= 0.3 is 16.1 Å². The summed E-state index contributed by atoms with van der Waals surface area (Å²) < 4.78 is 53.0. The first kappa shape index (κ1) is 31.5. The quantitative estimate of drug-likeness (QED) is 0.0771. The summed E-state index contributed by atoms with van der Waals surface area (Å²) in [5.41, 5.74) is 10.8. The van der Waals surface area contributed by atoms with Gasteiger partial charge in [-0.1, -0.05) is 0 Å². The average Bonchev–Trinajstić information content (AvgIpc) is 3.73. The second kappa shape index (κ2) is 12.1. The number of nitrogens with one attached hydrogen (secondary N) is 1. The SMILES string of the molecule is Nc1nc2c(ncn2[C@@H]2O[C@H](CO[PH](=O)O)C(O)C2OP(=O)(O)OC[C@H]2O[C@@H](n3cnc4c(N)ncnc43)C(O)C2O)c(=O)[nH]1. The number of aliphatic hydroxyl groups is 3. The molecule has 6 heterocycles. The molecule has 4 aromatic heterocycles. The zero-order valence-electron chi connectivity index (χ0n) is 22.5. The predicted molar refractivity (Wildman–Crippen MR) is 146 cm³/mol. The number of nitrogens with zero attached hydrogens (tertiary/aromatic N) is 7. The van der Waals surface area contributed by atoms with Crippen LogP contribution in [0.1, 0.15) is 12.5 Å². The number of aromatic nitrogens is 8. The summed E-state index contributed by atoms with van der Waals surface area (Å²) in [6.07, 6.45) is -8.70. The van der Waals surface area contributed by atoms with Crippen LogP contribution >= 0.6 is 16.1 Å². The number of aliphatic hydroxyl groups excluding tert-OH is 3. The Morgan fingerprint density at radius 2 is 1.62 bits per heavy atom. The lowest BCUT2D eigenvalue weighted by Gasteiger charge is -2.25. The van der Waals surface area contributed by atoms with Crippen LogP contribution in [0.4, 0.5) is 11.8 Å². The fraction of sp³-hybridized carbons (Fsp3) is 0.500. The van der Waals surface area contributed by atoms with Crippen molar-refractivity contribution in [3.63, 3.8) is 0 Å². The molecular formula is C20H26N10O13P2. The van der Waals surface area contributed by atoms with E-state index in [1.54, 1.807) is 0 Å². The molecule has 0 spiro atoms. The molecule has 6 unspecified atom stereocenters. The molecule has 23 nitrogen and oxygen atoms in total. The zero-order valence-corrected chi connectivity index (χ0v) is 24.4. The summed E-state index contributed by atoms with van der Waals surface area (Å²) in [6, 6.07) is 0. The van der Waals surface area contributed by atoms with Gasteiger partial charge in [0.05, 0.1) is 25.9 Å². The van der Waals surface area contributed by atoms with Crippen LogP contribution in [0.2, 0.25) is 0 Å². The minimum atomic E-state index is -5.15. The molecule has 2 fully saturated rings. The monoisotopic (exact) mass is 676 g/mol. The Morgan fingerprint density at radius 3 is 2.36 bits per heavy atom. The fourth-order valence-corrected chi connectivity index (χ4v) is 6.22. The molecule has 6 rings (SSSR count). The topological polar surface area (TPSA) is 341 Å². The number of hydrogen-bond acceptors (Lipinski definition) is 18. The number of hydrogen-bond donors (Lipinski definition) is 8. The van der Waals surface area contributed by atoms with Crippen molar-refractivity contribution in [2.45, 2.75) is 49.1 Å². The Kier molecular flexibility index (Phi) is 8.45. The van der Waals surface area contributed by atoms with E-state index < -0.39 is 83.9 Å². The van der Waals surface area contributed by atoms with Gasteiger partial charge in [0.1, 0.15) is 48.5 Å². The normalized spacial score (nSPS) is 30.7. The van der Waals surface area contributed by atoms with Crippen LogP contribution in [0.3, 0.4) is 0 Å². The fourth-order valence-electron chi connectivity index (χ4n) is 4.98. The maximum atomic E-state index is 13.1. The minimum Gasteiger partial charge on any atom is -0.387 e. The van der Waals surface area contributed by atoms with Gasteiger partial charge in [0.2, 0.25) is 5.95 Å². The van der Waals surface area contributed by atoms with Crippen LogP contribution in [-0.4, -0.2) is 114 Å². The summed E-state index contributed by atoms with van der Waals surface area (Å²) in [6.45, 7) is -1.42. The molecule has 45 heavy (non-hydrogen) atoms. The molecule has 2 aliphatic heterocycles. The number of aromatic amines is 1. The third-order valence-corrected chi connectivity index (χ3v) is 8.46. The van der Waals surface area contributed by atoms with E-state index in [2.05, 4.69) is 34.4 Å². The molecule has 2 aliphatic rings. The Bertz CT molecular complexity index is 1850. The molecule has 0 saturated carbocycles. The number of anilines is 2. The van der Waals surface area contributed by atoms with E-state index in [9.17, 15) is 34.1 Å². The molecule has 0 radical (unpaired) electrons. The number of nitrogen functional groups attached to an aromatic ring is 2. The smallest absolute Gasteiger partial charge is 0.387 e. The van der Waals surface area contributed by atoms with E-state index in [0.717, 1.165) is 10.9 Å². The number of H-pyrrole nitrogens is 1. The zero-order chi connectivity index (χ0) is 32.2. The van der Waals surface area contributed by atoms with Crippen molar-refractivity contribution in [3.05, 3.63) is 29.3 Å². The van der Waals surface area contributed by atoms with Crippen LogP contribution in [0, 0.1) is 0 Å².